The van der Waals surface area contributed by atoms with Gasteiger partial charge < -0.3 is 10.2 Å². The zero-order valence-electron chi connectivity index (χ0n) is 6.51. The van der Waals surface area contributed by atoms with E-state index in [0.717, 1.165) is 22.9 Å². The molecule has 1 heterocycles. The number of nitrogens with two attached hydrogens (primary N) is 1. The maximum absolute atomic E-state index is 5.77. The summed E-state index contributed by atoms with van der Waals surface area (Å²) in [5.41, 5.74) is 6.92. The van der Waals surface area contributed by atoms with Gasteiger partial charge in [-0.25, -0.2) is 0 Å². The highest BCUT2D eigenvalue weighted by molar-refractivity contribution is 9.10. The molecule has 0 saturated carbocycles. The van der Waals surface area contributed by atoms with Gasteiger partial charge in [-0.2, -0.15) is 0 Å². The van der Waals surface area contributed by atoms with Crippen molar-refractivity contribution in [2.24, 2.45) is 5.73 Å². The van der Waals surface area contributed by atoms with Crippen LogP contribution in [0.25, 0.3) is 0 Å². The Labute approximate surface area is 74.9 Å². The van der Waals surface area contributed by atoms with Crippen molar-refractivity contribution in [3.63, 3.8) is 0 Å². The monoisotopic (exact) mass is 217 g/mol. The van der Waals surface area contributed by atoms with Gasteiger partial charge in [0.1, 0.15) is 6.26 Å². The summed E-state index contributed by atoms with van der Waals surface area (Å²) in [6, 6.07) is 0.240. The Morgan fingerprint density at radius 3 is 2.82 bits per heavy atom. The van der Waals surface area contributed by atoms with Gasteiger partial charge in [0, 0.05) is 11.6 Å². The second kappa shape index (κ2) is 3.93. The molecule has 0 aliphatic heterocycles. The molecule has 1 aromatic rings. The van der Waals surface area contributed by atoms with Crippen molar-refractivity contribution in [2.75, 3.05) is 0 Å². The SMILES string of the molecule is CCC(N)Cc1cocc1Br. The minimum atomic E-state index is 0.240. The third-order valence-electron chi connectivity index (χ3n) is 1.70. The highest BCUT2D eigenvalue weighted by Gasteiger charge is 2.06. The molecular formula is C8H12BrNO. The summed E-state index contributed by atoms with van der Waals surface area (Å²) in [5, 5.41) is 0. The van der Waals surface area contributed by atoms with Gasteiger partial charge in [-0.3, -0.25) is 0 Å². The molecule has 0 spiro atoms. The average Bonchev–Trinajstić information content (AvgIpc) is 2.37. The van der Waals surface area contributed by atoms with Crippen LogP contribution in [-0.2, 0) is 6.42 Å². The molecule has 1 rings (SSSR count). The predicted octanol–water partition coefficient (Wildman–Crippen LogP) is 2.32. The Hall–Kier alpha value is -0.280. The number of furan rings is 1. The first-order chi connectivity index (χ1) is 5.24. The summed E-state index contributed by atoms with van der Waals surface area (Å²) >= 11 is 3.37. The van der Waals surface area contributed by atoms with Crippen molar-refractivity contribution in [1.82, 2.24) is 0 Å². The number of rotatable bonds is 3. The minimum Gasteiger partial charge on any atom is -0.471 e. The van der Waals surface area contributed by atoms with E-state index >= 15 is 0 Å². The van der Waals surface area contributed by atoms with Crippen LogP contribution in [0.3, 0.4) is 0 Å². The molecule has 0 radical (unpaired) electrons. The van der Waals surface area contributed by atoms with E-state index in [4.69, 9.17) is 10.2 Å². The van der Waals surface area contributed by atoms with Crippen LogP contribution in [0, 0.1) is 0 Å². The average molecular weight is 218 g/mol. The van der Waals surface area contributed by atoms with Crippen molar-refractivity contribution in [3.8, 4) is 0 Å². The van der Waals surface area contributed by atoms with E-state index in [1.54, 1.807) is 12.5 Å². The standard InChI is InChI=1S/C8H12BrNO/c1-2-7(10)3-6-4-11-5-8(6)9/h4-5,7H,2-3,10H2,1H3. The first-order valence-corrected chi connectivity index (χ1v) is 4.49. The lowest BCUT2D eigenvalue weighted by molar-refractivity contribution is 0.558. The fraction of sp³-hybridized carbons (Fsp3) is 0.500. The van der Waals surface area contributed by atoms with E-state index < -0.39 is 0 Å². The first-order valence-electron chi connectivity index (χ1n) is 3.70. The minimum absolute atomic E-state index is 0.240. The van der Waals surface area contributed by atoms with E-state index in [1.165, 1.54) is 0 Å². The smallest absolute Gasteiger partial charge is 0.105 e. The molecule has 62 valence electrons. The lowest BCUT2D eigenvalue weighted by atomic mass is 10.1. The summed E-state index contributed by atoms with van der Waals surface area (Å²) in [4.78, 5) is 0. The number of halogens is 1. The van der Waals surface area contributed by atoms with Gasteiger partial charge in [-0.15, -0.1) is 0 Å². The van der Waals surface area contributed by atoms with Crippen molar-refractivity contribution >= 4 is 15.9 Å². The molecule has 2 nitrogen and oxygen atoms in total. The van der Waals surface area contributed by atoms with Gasteiger partial charge in [0.15, 0.2) is 0 Å². The summed E-state index contributed by atoms with van der Waals surface area (Å²) in [5.74, 6) is 0. The fourth-order valence-corrected chi connectivity index (χ4v) is 1.24. The van der Waals surface area contributed by atoms with Gasteiger partial charge in [0.2, 0.25) is 0 Å². The van der Waals surface area contributed by atoms with Crippen LogP contribution >= 0.6 is 15.9 Å². The lowest BCUT2D eigenvalue weighted by Gasteiger charge is -2.05. The second-order valence-electron chi connectivity index (χ2n) is 2.62. The van der Waals surface area contributed by atoms with Crippen LogP contribution in [0.4, 0.5) is 0 Å². The molecule has 0 aromatic carbocycles. The van der Waals surface area contributed by atoms with Crippen LogP contribution in [0.2, 0.25) is 0 Å². The summed E-state index contributed by atoms with van der Waals surface area (Å²) in [7, 11) is 0. The van der Waals surface area contributed by atoms with Crippen molar-refractivity contribution < 1.29 is 4.42 Å². The van der Waals surface area contributed by atoms with Crippen molar-refractivity contribution in [3.05, 3.63) is 22.6 Å². The third-order valence-corrected chi connectivity index (χ3v) is 2.39. The van der Waals surface area contributed by atoms with E-state index in [1.807, 2.05) is 0 Å². The molecule has 0 fully saturated rings. The van der Waals surface area contributed by atoms with Crippen LogP contribution in [0.15, 0.2) is 21.4 Å². The largest absolute Gasteiger partial charge is 0.471 e. The maximum Gasteiger partial charge on any atom is 0.105 e. The van der Waals surface area contributed by atoms with E-state index in [2.05, 4.69) is 22.9 Å². The summed E-state index contributed by atoms with van der Waals surface area (Å²) in [6.45, 7) is 2.08. The Morgan fingerprint density at radius 1 is 1.64 bits per heavy atom. The molecule has 2 N–H and O–H groups in total. The molecule has 3 heteroatoms. The second-order valence-corrected chi connectivity index (χ2v) is 3.47. The summed E-state index contributed by atoms with van der Waals surface area (Å²) < 4.78 is 6.00. The molecule has 1 atom stereocenters. The predicted molar refractivity (Wildman–Crippen MR) is 48.4 cm³/mol. The molecule has 0 bridgehead atoms. The van der Waals surface area contributed by atoms with Gasteiger partial charge in [0.05, 0.1) is 10.7 Å². The third kappa shape index (κ3) is 2.34. The first kappa shape index (κ1) is 8.81. The maximum atomic E-state index is 5.77. The fourth-order valence-electron chi connectivity index (χ4n) is 0.880. The van der Waals surface area contributed by atoms with Gasteiger partial charge in [0.25, 0.3) is 0 Å². The van der Waals surface area contributed by atoms with Crippen molar-refractivity contribution in [1.29, 1.82) is 0 Å². The number of hydrogen-bond donors (Lipinski definition) is 1. The highest BCUT2D eigenvalue weighted by Crippen LogP contribution is 2.18. The van der Waals surface area contributed by atoms with E-state index in [9.17, 15) is 0 Å². The zero-order valence-corrected chi connectivity index (χ0v) is 8.10. The number of hydrogen-bond acceptors (Lipinski definition) is 2. The molecule has 1 unspecified atom stereocenters. The molecule has 0 aliphatic rings. The van der Waals surface area contributed by atoms with Crippen molar-refractivity contribution in [2.45, 2.75) is 25.8 Å². The van der Waals surface area contributed by atoms with Gasteiger partial charge in [-0.05, 0) is 28.8 Å². The quantitative estimate of drug-likeness (QED) is 0.845. The Bertz CT molecular complexity index is 222. The van der Waals surface area contributed by atoms with Crippen LogP contribution in [0.5, 0.6) is 0 Å². The zero-order chi connectivity index (χ0) is 8.27. The van der Waals surface area contributed by atoms with Crippen LogP contribution in [-0.4, -0.2) is 6.04 Å². The molecule has 1 aromatic heterocycles. The lowest BCUT2D eigenvalue weighted by Crippen LogP contribution is -2.21. The summed E-state index contributed by atoms with van der Waals surface area (Å²) in [6.07, 6.45) is 5.29. The molecule has 11 heavy (non-hydrogen) atoms. The van der Waals surface area contributed by atoms with E-state index in [-0.39, 0.29) is 6.04 Å². The van der Waals surface area contributed by atoms with Crippen LogP contribution in [0.1, 0.15) is 18.9 Å². The molecule has 0 saturated heterocycles. The highest BCUT2D eigenvalue weighted by atomic mass is 79.9. The Morgan fingerprint density at radius 2 is 2.36 bits per heavy atom. The topological polar surface area (TPSA) is 39.2 Å². The molecule has 0 amide bonds. The van der Waals surface area contributed by atoms with Crippen LogP contribution < -0.4 is 5.73 Å². The Kier molecular flexibility index (Phi) is 3.15. The van der Waals surface area contributed by atoms with Gasteiger partial charge >= 0.3 is 0 Å². The Balaban J connectivity index is 2.56. The molecule has 0 aliphatic carbocycles. The normalized spacial score (nSPS) is 13.4. The molecular weight excluding hydrogens is 206 g/mol. The van der Waals surface area contributed by atoms with Gasteiger partial charge in [-0.1, -0.05) is 6.92 Å². The van der Waals surface area contributed by atoms with E-state index in [0.29, 0.717) is 0 Å².